The van der Waals surface area contributed by atoms with Gasteiger partial charge in [0.25, 0.3) is 17.7 Å². The molecule has 0 bridgehead atoms. The fourth-order valence-corrected chi connectivity index (χ4v) is 3.74. The van der Waals surface area contributed by atoms with Gasteiger partial charge in [-0.15, -0.1) is 0 Å². The van der Waals surface area contributed by atoms with Crippen molar-refractivity contribution >= 4 is 46.4 Å². The molecule has 1 aliphatic heterocycles. The summed E-state index contributed by atoms with van der Waals surface area (Å²) in [6, 6.07) is 24.6. The van der Waals surface area contributed by atoms with Gasteiger partial charge >= 0.3 is 0 Å². The summed E-state index contributed by atoms with van der Waals surface area (Å²) in [5.41, 5.74) is 4.71. The number of anilines is 3. The minimum absolute atomic E-state index is 0.219. The number of benzene rings is 3. The van der Waals surface area contributed by atoms with Crippen molar-refractivity contribution < 1.29 is 14.4 Å². The highest BCUT2D eigenvalue weighted by Crippen LogP contribution is 2.34. The van der Waals surface area contributed by atoms with Crippen LogP contribution in [-0.2, 0) is 4.79 Å². The smallest absolute Gasteiger partial charge is 0.256 e. The minimum Gasteiger partial charge on any atom is -0.362 e. The van der Waals surface area contributed by atoms with Crippen molar-refractivity contribution in [3.8, 4) is 0 Å². The van der Waals surface area contributed by atoms with Crippen molar-refractivity contribution in [1.82, 2.24) is 4.98 Å². The molecule has 166 valence electrons. The predicted molar refractivity (Wildman–Crippen MR) is 133 cm³/mol. The molecule has 4 N–H and O–H groups in total. The third-order valence-electron chi connectivity index (χ3n) is 5.40. The lowest BCUT2D eigenvalue weighted by atomic mass is 10.0. The first-order chi connectivity index (χ1) is 16.6. The van der Waals surface area contributed by atoms with E-state index in [1.807, 2.05) is 18.2 Å². The van der Waals surface area contributed by atoms with Gasteiger partial charge < -0.3 is 20.9 Å². The lowest BCUT2D eigenvalue weighted by molar-refractivity contribution is -0.110. The molecule has 0 radical (unpaired) electrons. The average molecular weight is 448 g/mol. The monoisotopic (exact) mass is 448 g/mol. The fraction of sp³-hybridized carbons (Fsp3) is 0. The molecule has 3 amide bonds. The molecule has 2 heterocycles. The predicted octanol–water partition coefficient (Wildman–Crippen LogP) is 5.01. The van der Waals surface area contributed by atoms with Gasteiger partial charge in [-0.2, -0.15) is 0 Å². The zero-order valence-corrected chi connectivity index (χ0v) is 18.0. The summed E-state index contributed by atoms with van der Waals surface area (Å²) in [7, 11) is 0. The normalized spacial score (nSPS) is 13.3. The molecule has 7 nitrogen and oxygen atoms in total. The molecule has 0 spiro atoms. The van der Waals surface area contributed by atoms with Crippen LogP contribution in [0.2, 0.25) is 0 Å². The van der Waals surface area contributed by atoms with E-state index in [0.29, 0.717) is 33.8 Å². The summed E-state index contributed by atoms with van der Waals surface area (Å²) in [6.07, 6.45) is 3.56. The maximum absolute atomic E-state index is 12.9. The summed E-state index contributed by atoms with van der Waals surface area (Å²) >= 11 is 0. The van der Waals surface area contributed by atoms with E-state index in [1.54, 1.807) is 79.0 Å². The number of hydrogen-bond donors (Lipinski definition) is 4. The van der Waals surface area contributed by atoms with E-state index >= 15 is 0 Å². The highest BCUT2D eigenvalue weighted by atomic mass is 16.2. The van der Waals surface area contributed by atoms with Crippen LogP contribution in [-0.4, -0.2) is 22.7 Å². The number of hydrogen-bond acceptors (Lipinski definition) is 3. The van der Waals surface area contributed by atoms with E-state index in [-0.39, 0.29) is 17.7 Å². The zero-order chi connectivity index (χ0) is 23.5. The van der Waals surface area contributed by atoms with Gasteiger partial charge in [0.2, 0.25) is 0 Å². The van der Waals surface area contributed by atoms with Crippen LogP contribution in [0.1, 0.15) is 32.0 Å². The molecule has 0 aliphatic carbocycles. The quantitative estimate of drug-likeness (QED) is 0.323. The van der Waals surface area contributed by atoms with Crippen LogP contribution in [0.15, 0.2) is 91.1 Å². The summed E-state index contributed by atoms with van der Waals surface area (Å²) in [5.74, 6) is -0.781. The summed E-state index contributed by atoms with van der Waals surface area (Å²) < 4.78 is 0. The zero-order valence-electron chi connectivity index (χ0n) is 18.0. The first-order valence-corrected chi connectivity index (χ1v) is 10.7. The molecule has 0 unspecified atom stereocenters. The number of aromatic nitrogens is 1. The molecule has 1 aliphatic rings. The Bertz CT molecular complexity index is 1420. The standard InChI is InChI=1S/C27H20N4O3/c32-25(17-6-2-1-3-7-17)29-20-8-4-9-21(15-20)30-26(33)18-11-12-22-23(16-19-10-5-13-28-19)27(34)31-24(22)14-18/h1-16,28H,(H,29,32)(H,30,33)(H,31,34)/b23-16+. The Balaban J connectivity index is 1.31. The number of amides is 3. The highest BCUT2D eigenvalue weighted by molar-refractivity contribution is 6.35. The molecule has 0 atom stereocenters. The number of nitrogens with one attached hydrogen (secondary N) is 4. The number of aromatic amines is 1. The largest absolute Gasteiger partial charge is 0.362 e. The molecule has 5 rings (SSSR count). The van der Waals surface area contributed by atoms with E-state index in [1.165, 1.54) is 0 Å². The van der Waals surface area contributed by atoms with Crippen molar-refractivity contribution in [1.29, 1.82) is 0 Å². The van der Waals surface area contributed by atoms with Crippen molar-refractivity contribution in [2.45, 2.75) is 0 Å². The van der Waals surface area contributed by atoms with Crippen LogP contribution >= 0.6 is 0 Å². The van der Waals surface area contributed by atoms with Crippen LogP contribution in [0.25, 0.3) is 11.6 Å². The fourth-order valence-electron chi connectivity index (χ4n) is 3.74. The molecule has 7 heteroatoms. The van der Waals surface area contributed by atoms with Crippen LogP contribution in [0.3, 0.4) is 0 Å². The Kier molecular flexibility index (Phi) is 5.50. The Morgan fingerprint density at radius 1 is 0.735 bits per heavy atom. The number of carbonyl (C=O) groups excluding carboxylic acids is 3. The lowest BCUT2D eigenvalue weighted by Gasteiger charge is -2.10. The summed E-state index contributed by atoms with van der Waals surface area (Å²) in [5, 5.41) is 8.48. The Morgan fingerprint density at radius 3 is 2.18 bits per heavy atom. The van der Waals surface area contributed by atoms with E-state index in [4.69, 9.17) is 0 Å². The highest BCUT2D eigenvalue weighted by Gasteiger charge is 2.25. The van der Waals surface area contributed by atoms with Crippen LogP contribution < -0.4 is 16.0 Å². The lowest BCUT2D eigenvalue weighted by Crippen LogP contribution is -2.14. The summed E-state index contributed by atoms with van der Waals surface area (Å²) in [4.78, 5) is 40.7. The van der Waals surface area contributed by atoms with E-state index in [9.17, 15) is 14.4 Å². The molecule has 34 heavy (non-hydrogen) atoms. The number of fused-ring (bicyclic) bond motifs is 1. The van der Waals surface area contributed by atoms with Gasteiger partial charge in [0.1, 0.15) is 0 Å². The second kappa shape index (κ2) is 8.91. The van der Waals surface area contributed by atoms with Crippen LogP contribution in [0, 0.1) is 0 Å². The number of rotatable bonds is 5. The van der Waals surface area contributed by atoms with Crippen molar-refractivity contribution in [2.24, 2.45) is 0 Å². The van der Waals surface area contributed by atoms with Gasteiger partial charge in [-0.05, 0) is 60.7 Å². The number of H-pyrrole nitrogens is 1. The van der Waals surface area contributed by atoms with E-state index in [0.717, 1.165) is 11.3 Å². The molecular formula is C27H20N4O3. The maximum atomic E-state index is 12.9. The molecule has 0 fully saturated rings. The van der Waals surface area contributed by atoms with Crippen molar-refractivity contribution in [2.75, 3.05) is 16.0 Å². The Morgan fingerprint density at radius 2 is 1.47 bits per heavy atom. The third kappa shape index (κ3) is 4.35. The second-order valence-electron chi connectivity index (χ2n) is 7.75. The van der Waals surface area contributed by atoms with Crippen LogP contribution in [0.5, 0.6) is 0 Å². The first kappa shape index (κ1) is 21.0. The molecule has 0 saturated carbocycles. The molecular weight excluding hydrogens is 428 g/mol. The van der Waals surface area contributed by atoms with Gasteiger partial charge in [0, 0.05) is 45.6 Å². The van der Waals surface area contributed by atoms with Gasteiger partial charge in [-0.3, -0.25) is 14.4 Å². The topological polar surface area (TPSA) is 103 Å². The molecule has 3 aromatic carbocycles. The second-order valence-corrected chi connectivity index (χ2v) is 7.75. The molecule has 4 aromatic rings. The summed E-state index contributed by atoms with van der Waals surface area (Å²) in [6.45, 7) is 0. The Labute approximate surface area is 195 Å². The van der Waals surface area contributed by atoms with Crippen LogP contribution in [0.4, 0.5) is 17.1 Å². The maximum Gasteiger partial charge on any atom is 0.256 e. The van der Waals surface area contributed by atoms with Gasteiger partial charge in [0.15, 0.2) is 0 Å². The third-order valence-corrected chi connectivity index (χ3v) is 5.40. The van der Waals surface area contributed by atoms with Crippen molar-refractivity contribution in [3.05, 3.63) is 114 Å². The number of carbonyl (C=O) groups is 3. The Hall–Kier alpha value is -4.91. The molecule has 0 saturated heterocycles. The van der Waals surface area contributed by atoms with Crippen molar-refractivity contribution in [3.63, 3.8) is 0 Å². The SMILES string of the molecule is O=C1Nc2cc(C(=O)Nc3cccc(NC(=O)c4ccccc4)c3)ccc2/C1=C\c1ccc[nH]1. The van der Waals surface area contributed by atoms with Gasteiger partial charge in [0.05, 0.1) is 5.57 Å². The van der Waals surface area contributed by atoms with E-state index < -0.39 is 0 Å². The minimum atomic E-state index is -0.328. The van der Waals surface area contributed by atoms with Gasteiger partial charge in [-0.1, -0.05) is 30.3 Å². The average Bonchev–Trinajstić information content (AvgIpc) is 3.47. The van der Waals surface area contributed by atoms with Gasteiger partial charge in [-0.25, -0.2) is 0 Å². The first-order valence-electron chi connectivity index (χ1n) is 10.7. The van der Waals surface area contributed by atoms with E-state index in [2.05, 4.69) is 20.9 Å². The molecule has 1 aromatic heterocycles.